The Morgan fingerprint density at radius 2 is 2.05 bits per heavy atom. The number of nitrogens with zero attached hydrogens (tertiary/aromatic N) is 2. The summed E-state index contributed by atoms with van der Waals surface area (Å²) in [5.41, 5.74) is 5.44. The normalized spacial score (nSPS) is 17.1. The minimum absolute atomic E-state index is 0.137. The number of alkyl halides is 2. The van der Waals surface area contributed by atoms with Crippen LogP contribution in [-0.4, -0.2) is 27.6 Å². The first-order valence-electron chi connectivity index (χ1n) is 11.4. The smallest absolute Gasteiger partial charge is 0.267 e. The second-order valence-electron chi connectivity index (χ2n) is 9.58. The number of halogens is 3. The highest BCUT2D eigenvalue weighted by Crippen LogP contribution is 2.35. The molecule has 1 aromatic heterocycles. The summed E-state index contributed by atoms with van der Waals surface area (Å²) in [6, 6.07) is 3.40. The number of carbonyl (C=O) groups excluding carboxylic acids is 2. The molecule has 2 heterocycles. The number of nitrogens with one attached hydrogen (secondary N) is 2. The van der Waals surface area contributed by atoms with Crippen molar-refractivity contribution in [3.8, 4) is 5.75 Å². The average molecular weight is 514 g/mol. The van der Waals surface area contributed by atoms with Gasteiger partial charge in [-0.25, -0.2) is 13.2 Å². The summed E-state index contributed by atoms with van der Waals surface area (Å²) in [5, 5.41) is 9.83. The lowest BCUT2D eigenvalue weighted by molar-refractivity contribution is -0.116. The van der Waals surface area contributed by atoms with Crippen molar-refractivity contribution in [1.82, 2.24) is 15.1 Å². The molecule has 2 aliphatic rings. The predicted octanol–water partition coefficient (Wildman–Crippen LogP) is 4.15. The van der Waals surface area contributed by atoms with Crippen LogP contribution in [0.1, 0.15) is 38.3 Å². The lowest BCUT2D eigenvalue weighted by atomic mass is 9.93. The topological polar surface area (TPSA) is 111 Å². The molecule has 2 amide bonds. The van der Waals surface area contributed by atoms with Gasteiger partial charge < -0.3 is 21.1 Å². The molecule has 1 aliphatic heterocycles. The van der Waals surface area contributed by atoms with Gasteiger partial charge in [-0.3, -0.25) is 14.3 Å². The van der Waals surface area contributed by atoms with Gasteiger partial charge in [0.1, 0.15) is 17.3 Å². The molecular formula is C26H26F3N5O3. The van der Waals surface area contributed by atoms with Crippen LogP contribution in [0.4, 0.5) is 18.9 Å². The third-order valence-electron chi connectivity index (χ3n) is 5.71. The minimum atomic E-state index is -2.89. The highest BCUT2D eigenvalue weighted by atomic mass is 19.3. The van der Waals surface area contributed by atoms with Crippen molar-refractivity contribution in [2.24, 2.45) is 5.73 Å². The molecule has 0 radical (unpaired) electrons. The first kappa shape index (κ1) is 25.8. The fourth-order valence-electron chi connectivity index (χ4n) is 3.84. The van der Waals surface area contributed by atoms with E-state index in [1.54, 1.807) is 10.9 Å². The molecular weight excluding hydrogens is 487 g/mol. The van der Waals surface area contributed by atoms with Crippen molar-refractivity contribution in [2.75, 3.05) is 5.32 Å². The number of fused-ring (bicyclic) bond motifs is 1. The number of allylic oxidation sites excluding steroid dienone is 1. The second-order valence-corrected chi connectivity index (χ2v) is 9.58. The fourth-order valence-corrected chi connectivity index (χ4v) is 3.84. The Labute approximate surface area is 211 Å². The number of rotatable bonds is 7. The van der Waals surface area contributed by atoms with Crippen LogP contribution < -0.4 is 21.1 Å². The SMILES string of the molecule is CC(C)(C)n1cc(NC(=O)Cc2ccc(OC3=C4C=C(C(N)=O)C(F)=CC4NC=C3)c(C(F)F)c2)cn1. The van der Waals surface area contributed by atoms with Gasteiger partial charge in [-0.05, 0) is 56.7 Å². The van der Waals surface area contributed by atoms with Crippen molar-refractivity contribution in [3.63, 3.8) is 0 Å². The number of hydrogen-bond acceptors (Lipinski definition) is 5. The molecule has 0 saturated heterocycles. The van der Waals surface area contributed by atoms with Crippen LogP contribution in [0.15, 0.2) is 77.8 Å². The number of amides is 2. The van der Waals surface area contributed by atoms with Gasteiger partial charge >= 0.3 is 0 Å². The van der Waals surface area contributed by atoms with Crippen molar-refractivity contribution in [3.05, 3.63) is 88.9 Å². The number of primary amides is 1. The van der Waals surface area contributed by atoms with Gasteiger partial charge in [-0.1, -0.05) is 6.07 Å². The average Bonchev–Trinajstić information content (AvgIpc) is 3.28. The molecule has 0 saturated carbocycles. The Morgan fingerprint density at radius 1 is 1.30 bits per heavy atom. The second kappa shape index (κ2) is 10.00. The number of aromatic nitrogens is 2. The zero-order chi connectivity index (χ0) is 26.9. The van der Waals surface area contributed by atoms with Gasteiger partial charge in [0, 0.05) is 18.0 Å². The molecule has 4 rings (SSSR count). The fraction of sp³-hybridized carbons (Fsp3) is 0.269. The lowest BCUT2D eigenvalue weighted by Gasteiger charge is -2.26. The molecule has 1 atom stereocenters. The molecule has 0 bridgehead atoms. The van der Waals surface area contributed by atoms with Crippen LogP contribution in [0.3, 0.4) is 0 Å². The van der Waals surface area contributed by atoms with E-state index >= 15 is 0 Å². The largest absolute Gasteiger partial charge is 0.456 e. The number of nitrogens with two attached hydrogens (primary N) is 1. The van der Waals surface area contributed by atoms with Gasteiger partial charge in [0.15, 0.2) is 0 Å². The molecule has 11 heteroatoms. The summed E-state index contributed by atoms with van der Waals surface area (Å²) < 4.78 is 49.5. The zero-order valence-corrected chi connectivity index (χ0v) is 20.4. The van der Waals surface area contributed by atoms with Crippen molar-refractivity contribution in [1.29, 1.82) is 0 Å². The van der Waals surface area contributed by atoms with Crippen LogP contribution in [0.5, 0.6) is 5.75 Å². The summed E-state index contributed by atoms with van der Waals surface area (Å²) >= 11 is 0. The molecule has 4 N–H and O–H groups in total. The van der Waals surface area contributed by atoms with Crippen LogP contribution in [0.25, 0.3) is 0 Å². The maximum Gasteiger partial charge on any atom is 0.267 e. The third kappa shape index (κ3) is 5.76. The number of ether oxygens (including phenoxy) is 1. The highest BCUT2D eigenvalue weighted by molar-refractivity contribution is 5.97. The summed E-state index contributed by atoms with van der Waals surface area (Å²) in [5.74, 6) is -2.13. The summed E-state index contributed by atoms with van der Waals surface area (Å²) in [7, 11) is 0. The Kier molecular flexibility index (Phi) is 6.97. The van der Waals surface area contributed by atoms with Gasteiger partial charge in [0.05, 0.1) is 41.0 Å². The van der Waals surface area contributed by atoms with Gasteiger partial charge in [0.2, 0.25) is 5.91 Å². The summed E-state index contributed by atoms with van der Waals surface area (Å²) in [6.07, 6.45) is 5.53. The van der Waals surface area contributed by atoms with Crippen LogP contribution in [0.2, 0.25) is 0 Å². The number of dihydropyridines is 1. The lowest BCUT2D eigenvalue weighted by Crippen LogP contribution is -2.32. The number of benzene rings is 1. The molecule has 1 aromatic carbocycles. The Bertz CT molecular complexity index is 1370. The molecule has 37 heavy (non-hydrogen) atoms. The maximum atomic E-state index is 14.2. The first-order valence-corrected chi connectivity index (χ1v) is 11.4. The van der Waals surface area contributed by atoms with Crippen molar-refractivity contribution < 1.29 is 27.5 Å². The van der Waals surface area contributed by atoms with Gasteiger partial charge in [-0.2, -0.15) is 5.10 Å². The predicted molar refractivity (Wildman–Crippen MR) is 131 cm³/mol. The van der Waals surface area contributed by atoms with E-state index < -0.39 is 35.7 Å². The summed E-state index contributed by atoms with van der Waals surface area (Å²) in [4.78, 5) is 24.1. The van der Waals surface area contributed by atoms with E-state index in [1.165, 1.54) is 42.7 Å². The molecule has 8 nitrogen and oxygen atoms in total. The monoisotopic (exact) mass is 513 g/mol. The third-order valence-corrected chi connectivity index (χ3v) is 5.71. The van der Waals surface area contributed by atoms with Gasteiger partial charge in [-0.15, -0.1) is 0 Å². The standard InChI is InChI=1S/C26H26F3N5O3/c1-26(2,3)34-13-15(12-32-34)33-23(35)9-14-4-5-21(18(8-14)24(28)29)37-22-6-7-31-20-11-19(27)16(25(30)36)10-17(20)22/h4-8,10-13,20,24,31H,9H2,1-3H3,(H2,30,36)(H,33,35). The van der Waals surface area contributed by atoms with E-state index in [4.69, 9.17) is 10.5 Å². The van der Waals surface area contributed by atoms with E-state index in [2.05, 4.69) is 15.7 Å². The van der Waals surface area contributed by atoms with E-state index in [0.29, 0.717) is 16.8 Å². The number of carbonyl (C=O) groups is 2. The van der Waals surface area contributed by atoms with E-state index in [0.717, 1.165) is 6.08 Å². The van der Waals surface area contributed by atoms with Crippen LogP contribution >= 0.6 is 0 Å². The molecule has 0 fully saturated rings. The minimum Gasteiger partial charge on any atom is -0.456 e. The molecule has 2 aromatic rings. The molecule has 194 valence electrons. The van der Waals surface area contributed by atoms with Gasteiger partial charge in [0.25, 0.3) is 12.3 Å². The van der Waals surface area contributed by atoms with Crippen molar-refractivity contribution >= 4 is 17.5 Å². The van der Waals surface area contributed by atoms with Crippen LogP contribution in [-0.2, 0) is 21.5 Å². The molecule has 1 unspecified atom stereocenters. The number of hydrogen-bond donors (Lipinski definition) is 3. The Morgan fingerprint density at radius 3 is 2.70 bits per heavy atom. The molecule has 0 spiro atoms. The van der Waals surface area contributed by atoms with Crippen LogP contribution in [0, 0.1) is 0 Å². The Balaban J connectivity index is 1.54. The molecule has 1 aliphatic carbocycles. The van der Waals surface area contributed by atoms with E-state index in [-0.39, 0.29) is 29.0 Å². The quantitative estimate of drug-likeness (QED) is 0.515. The Hall–Kier alpha value is -4.28. The summed E-state index contributed by atoms with van der Waals surface area (Å²) in [6.45, 7) is 5.90. The highest BCUT2D eigenvalue weighted by Gasteiger charge is 2.28. The number of anilines is 1. The van der Waals surface area contributed by atoms with E-state index in [1.807, 2.05) is 20.8 Å². The van der Waals surface area contributed by atoms with Crippen molar-refractivity contribution in [2.45, 2.75) is 45.2 Å². The maximum absolute atomic E-state index is 14.2. The van der Waals surface area contributed by atoms with E-state index in [9.17, 15) is 22.8 Å². The zero-order valence-electron chi connectivity index (χ0n) is 20.4. The first-order chi connectivity index (χ1) is 17.4.